The first-order valence-corrected chi connectivity index (χ1v) is 12.1. The van der Waals surface area contributed by atoms with E-state index in [1.165, 1.54) is 45.2 Å². The molecule has 0 unspecified atom stereocenters. The van der Waals surface area contributed by atoms with Crippen LogP contribution in [0.2, 0.25) is 0 Å². The number of aromatic amines is 1. The molecular formula is C23H40N6O2. The molecule has 0 aromatic carbocycles. The smallest absolute Gasteiger partial charge is 0.327 e. The number of hydrogen-bond acceptors (Lipinski definition) is 6. The first-order valence-electron chi connectivity index (χ1n) is 12.1. The molecule has 174 valence electrons. The Balaban J connectivity index is 1.44. The number of aromatic nitrogens is 4. The number of ether oxygens (including phenoxy) is 1. The average molecular weight is 433 g/mol. The van der Waals surface area contributed by atoms with Crippen molar-refractivity contribution in [2.75, 3.05) is 25.4 Å². The third-order valence-corrected chi connectivity index (χ3v) is 6.48. The van der Waals surface area contributed by atoms with Crippen LogP contribution < -0.4 is 16.2 Å². The number of hydrogen-bond donors (Lipinski definition) is 2. The van der Waals surface area contributed by atoms with Crippen LogP contribution in [-0.2, 0) is 6.54 Å². The zero-order chi connectivity index (χ0) is 22.2. The Hall–Kier alpha value is -2.09. The second-order valence-electron chi connectivity index (χ2n) is 9.15. The van der Waals surface area contributed by atoms with Crippen LogP contribution >= 0.6 is 0 Å². The molecule has 1 aliphatic rings. The fourth-order valence-electron chi connectivity index (χ4n) is 4.43. The van der Waals surface area contributed by atoms with E-state index in [1.807, 2.05) is 0 Å². The largest absolute Gasteiger partial charge is 0.463 e. The third kappa shape index (κ3) is 6.45. The Morgan fingerprint density at radius 3 is 2.58 bits per heavy atom. The van der Waals surface area contributed by atoms with Crippen LogP contribution in [-0.4, -0.2) is 50.2 Å². The van der Waals surface area contributed by atoms with Gasteiger partial charge in [-0.1, -0.05) is 39.0 Å². The molecule has 0 saturated carbocycles. The molecule has 1 saturated heterocycles. The molecule has 31 heavy (non-hydrogen) atoms. The van der Waals surface area contributed by atoms with Crippen LogP contribution in [0.25, 0.3) is 11.2 Å². The number of nitrogens with two attached hydrogens (primary N) is 1. The van der Waals surface area contributed by atoms with E-state index in [2.05, 4.69) is 40.6 Å². The number of nitrogens with zero attached hydrogens (tertiary/aromatic N) is 4. The monoisotopic (exact) mass is 432 g/mol. The highest BCUT2D eigenvalue weighted by Gasteiger charge is 2.20. The molecule has 3 heterocycles. The summed E-state index contributed by atoms with van der Waals surface area (Å²) < 4.78 is 7.27. The fourth-order valence-corrected chi connectivity index (χ4v) is 4.43. The Morgan fingerprint density at radius 1 is 1.13 bits per heavy atom. The zero-order valence-electron chi connectivity index (χ0n) is 19.5. The number of aryl methyl sites for hydroxylation is 1. The van der Waals surface area contributed by atoms with Crippen molar-refractivity contribution in [1.82, 2.24) is 24.4 Å². The van der Waals surface area contributed by atoms with Gasteiger partial charge in [-0.3, -0.25) is 4.57 Å². The van der Waals surface area contributed by atoms with E-state index in [4.69, 9.17) is 10.5 Å². The van der Waals surface area contributed by atoms with Crippen LogP contribution in [0, 0.1) is 5.92 Å². The van der Waals surface area contributed by atoms with Gasteiger partial charge in [0.25, 0.3) is 0 Å². The molecule has 1 aliphatic heterocycles. The van der Waals surface area contributed by atoms with Crippen molar-refractivity contribution in [3.05, 3.63) is 10.5 Å². The lowest BCUT2D eigenvalue weighted by Gasteiger charge is -2.34. The van der Waals surface area contributed by atoms with Crippen LogP contribution in [0.5, 0.6) is 6.01 Å². The lowest BCUT2D eigenvalue weighted by Crippen LogP contribution is -2.38. The van der Waals surface area contributed by atoms with Gasteiger partial charge in [0.15, 0.2) is 11.5 Å². The van der Waals surface area contributed by atoms with Gasteiger partial charge in [-0.2, -0.15) is 9.97 Å². The number of nitrogen functional groups attached to an aromatic ring is 1. The second kappa shape index (κ2) is 11.5. The van der Waals surface area contributed by atoms with E-state index >= 15 is 0 Å². The van der Waals surface area contributed by atoms with Crippen molar-refractivity contribution in [2.24, 2.45) is 5.92 Å². The third-order valence-electron chi connectivity index (χ3n) is 6.48. The van der Waals surface area contributed by atoms with Crippen molar-refractivity contribution >= 4 is 17.0 Å². The van der Waals surface area contributed by atoms with Gasteiger partial charge in [-0.05, 0) is 58.5 Å². The topological polar surface area (TPSA) is 102 Å². The first-order chi connectivity index (χ1) is 15.0. The number of unbranched alkanes of at least 4 members (excludes halogenated alkanes) is 4. The molecule has 2 aromatic heterocycles. The molecule has 0 atom stereocenters. The molecule has 3 N–H and O–H groups in total. The van der Waals surface area contributed by atoms with Crippen molar-refractivity contribution in [3.63, 3.8) is 0 Å². The van der Waals surface area contributed by atoms with Gasteiger partial charge < -0.3 is 20.4 Å². The summed E-state index contributed by atoms with van der Waals surface area (Å²) in [6, 6.07) is 0.920. The van der Waals surface area contributed by atoms with Crippen LogP contribution in [0.4, 0.5) is 5.82 Å². The number of nitrogens with one attached hydrogen (secondary N) is 1. The zero-order valence-corrected chi connectivity index (χ0v) is 19.5. The normalized spacial score (nSPS) is 15.9. The number of likely N-dealkylation sites (tertiary alicyclic amines) is 1. The van der Waals surface area contributed by atoms with E-state index in [-0.39, 0.29) is 17.5 Å². The number of imidazole rings is 1. The van der Waals surface area contributed by atoms with E-state index < -0.39 is 0 Å². The standard InChI is InChI=1S/C23H40N6O2/c1-4-5-16-31-22-26-20(24)19-21(27-22)29(23(30)25-19)13-9-7-6-8-10-18-11-14-28(15-12-18)17(2)3/h17-18H,4-16H2,1-3H3,(H,25,30)(H2,24,26,27). The van der Waals surface area contributed by atoms with E-state index in [0.29, 0.717) is 30.4 Å². The summed E-state index contributed by atoms with van der Waals surface area (Å²) >= 11 is 0. The van der Waals surface area contributed by atoms with Crippen molar-refractivity contribution in [1.29, 1.82) is 0 Å². The molecule has 8 nitrogen and oxygen atoms in total. The molecular weight excluding hydrogens is 392 g/mol. The van der Waals surface area contributed by atoms with Crippen molar-refractivity contribution in [2.45, 2.75) is 91.1 Å². The molecule has 0 bridgehead atoms. The molecule has 2 aromatic rings. The Bertz CT molecular complexity index is 867. The predicted molar refractivity (Wildman–Crippen MR) is 125 cm³/mol. The number of rotatable bonds is 12. The molecule has 0 spiro atoms. The molecule has 8 heteroatoms. The summed E-state index contributed by atoms with van der Waals surface area (Å²) in [6.07, 6.45) is 10.5. The first kappa shape index (κ1) is 23.6. The van der Waals surface area contributed by atoms with Gasteiger partial charge in [0.2, 0.25) is 0 Å². The SMILES string of the molecule is CCCCOc1nc(N)c2[nH]c(=O)n(CCCCCCC3CCN(C(C)C)CC3)c2n1. The fraction of sp³-hybridized carbons (Fsp3) is 0.783. The predicted octanol–water partition coefficient (Wildman–Crippen LogP) is 3.95. The van der Waals surface area contributed by atoms with Gasteiger partial charge in [0.05, 0.1) is 6.61 Å². The highest BCUT2D eigenvalue weighted by Crippen LogP contribution is 2.24. The van der Waals surface area contributed by atoms with Crippen LogP contribution in [0.15, 0.2) is 4.79 Å². The maximum absolute atomic E-state index is 12.4. The number of piperidine rings is 1. The average Bonchev–Trinajstić information content (AvgIpc) is 3.07. The van der Waals surface area contributed by atoms with Gasteiger partial charge in [0, 0.05) is 12.6 Å². The quantitative estimate of drug-likeness (QED) is 0.492. The van der Waals surface area contributed by atoms with Crippen molar-refractivity contribution < 1.29 is 4.74 Å². The van der Waals surface area contributed by atoms with E-state index in [9.17, 15) is 4.79 Å². The number of fused-ring (bicyclic) bond motifs is 1. The maximum atomic E-state index is 12.4. The van der Waals surface area contributed by atoms with Gasteiger partial charge >= 0.3 is 11.7 Å². The molecule has 0 radical (unpaired) electrons. The Morgan fingerprint density at radius 2 is 1.87 bits per heavy atom. The lowest BCUT2D eigenvalue weighted by molar-refractivity contribution is 0.144. The highest BCUT2D eigenvalue weighted by atomic mass is 16.5. The minimum absolute atomic E-state index is 0.182. The summed E-state index contributed by atoms with van der Waals surface area (Å²) in [5.74, 6) is 1.15. The number of H-pyrrole nitrogens is 1. The van der Waals surface area contributed by atoms with Crippen molar-refractivity contribution in [3.8, 4) is 6.01 Å². The molecule has 0 amide bonds. The Kier molecular flexibility index (Phi) is 8.75. The molecule has 0 aliphatic carbocycles. The summed E-state index contributed by atoms with van der Waals surface area (Å²) in [6.45, 7) is 10.4. The Labute approximate surface area is 185 Å². The minimum Gasteiger partial charge on any atom is -0.463 e. The molecule has 3 rings (SSSR count). The summed E-state index contributed by atoms with van der Waals surface area (Å²) in [7, 11) is 0. The number of anilines is 1. The van der Waals surface area contributed by atoms with E-state index in [1.54, 1.807) is 4.57 Å². The lowest BCUT2D eigenvalue weighted by atomic mass is 9.90. The van der Waals surface area contributed by atoms with Gasteiger partial charge in [0.1, 0.15) is 5.52 Å². The summed E-state index contributed by atoms with van der Waals surface area (Å²) in [4.78, 5) is 26.4. The second-order valence-corrected chi connectivity index (χ2v) is 9.15. The summed E-state index contributed by atoms with van der Waals surface area (Å²) in [5.41, 5.74) is 6.88. The summed E-state index contributed by atoms with van der Waals surface area (Å²) in [5, 5.41) is 0. The van der Waals surface area contributed by atoms with Gasteiger partial charge in [-0.25, -0.2) is 4.79 Å². The molecule has 1 fully saturated rings. The highest BCUT2D eigenvalue weighted by molar-refractivity contribution is 5.81. The minimum atomic E-state index is -0.182. The van der Waals surface area contributed by atoms with Gasteiger partial charge in [-0.15, -0.1) is 0 Å². The van der Waals surface area contributed by atoms with Crippen LogP contribution in [0.1, 0.15) is 78.6 Å². The van der Waals surface area contributed by atoms with Crippen LogP contribution in [0.3, 0.4) is 0 Å². The maximum Gasteiger partial charge on any atom is 0.327 e. The van der Waals surface area contributed by atoms with E-state index in [0.717, 1.165) is 31.6 Å².